The van der Waals surface area contributed by atoms with Crippen molar-refractivity contribution in [2.24, 2.45) is 16.9 Å². The number of hydrogen-bond acceptors (Lipinski definition) is 9. The standard InChI is InChI=1S/C40H42FN9O7/c1-22(2)36(46-32(51)21-49-33(52)11-12-34(49)53)39(56)43-24(4)38(55)45-31-10-5-25(16-30(31)41)18-50-35(54)15-23(3)37(47-50)26-6-8-29(9-7-26)44-40(57)48-19-27-13-14-42-17-28(27)20-48/h5-14,16-17,22-24,36H,15,18-21H2,1-4H3,(H,43,56)(H,44,57)(H,45,55)(H,46,51)/t23?,24-,36-/m0/s1. The Balaban J connectivity index is 1.03. The van der Waals surface area contributed by atoms with Gasteiger partial charge >= 0.3 is 6.03 Å². The van der Waals surface area contributed by atoms with Crippen LogP contribution in [-0.4, -0.2) is 85.6 Å². The summed E-state index contributed by atoms with van der Waals surface area (Å²) < 4.78 is 15.3. The number of benzene rings is 2. The Labute approximate surface area is 327 Å². The quantitative estimate of drug-likeness (QED) is 0.201. The van der Waals surface area contributed by atoms with Gasteiger partial charge < -0.3 is 26.2 Å². The Bertz CT molecular complexity index is 2150. The smallest absolute Gasteiger partial charge is 0.322 e. The van der Waals surface area contributed by atoms with Gasteiger partial charge in [0.1, 0.15) is 24.4 Å². The van der Waals surface area contributed by atoms with Crippen LogP contribution >= 0.6 is 0 Å². The van der Waals surface area contributed by atoms with Gasteiger partial charge in [0.05, 0.1) is 17.9 Å². The number of pyridine rings is 1. The van der Waals surface area contributed by atoms with Gasteiger partial charge in [0.15, 0.2) is 0 Å². The third-order valence-corrected chi connectivity index (χ3v) is 9.75. The highest BCUT2D eigenvalue weighted by Gasteiger charge is 2.32. The number of nitrogens with one attached hydrogen (secondary N) is 4. The van der Waals surface area contributed by atoms with E-state index in [1.54, 1.807) is 49.3 Å². The van der Waals surface area contributed by atoms with Crippen LogP contribution in [0.15, 0.2) is 78.2 Å². The summed E-state index contributed by atoms with van der Waals surface area (Å²) in [5.74, 6) is -5.10. The maximum atomic E-state index is 15.3. The number of nitrogens with zero attached hydrogens (tertiary/aromatic N) is 5. The van der Waals surface area contributed by atoms with Gasteiger partial charge in [0.2, 0.25) is 23.6 Å². The lowest BCUT2D eigenvalue weighted by Crippen LogP contribution is -2.55. The van der Waals surface area contributed by atoms with E-state index in [1.165, 1.54) is 24.1 Å². The third-order valence-electron chi connectivity index (χ3n) is 9.75. The number of aromatic nitrogens is 1. The lowest BCUT2D eigenvalue weighted by atomic mass is 9.93. The van der Waals surface area contributed by atoms with Gasteiger partial charge in [-0.3, -0.25) is 38.7 Å². The number of imide groups is 1. The summed E-state index contributed by atoms with van der Waals surface area (Å²) in [6.07, 6.45) is 5.73. The Hall–Kier alpha value is -6.78. The fraction of sp³-hybridized carbons (Fsp3) is 0.325. The van der Waals surface area contributed by atoms with Crippen molar-refractivity contribution < 1.29 is 38.0 Å². The van der Waals surface area contributed by atoms with Crippen molar-refractivity contribution >= 4 is 58.6 Å². The highest BCUT2D eigenvalue weighted by molar-refractivity contribution is 6.14. The zero-order valence-corrected chi connectivity index (χ0v) is 31.7. The number of rotatable bonds is 12. The second kappa shape index (κ2) is 16.9. The van der Waals surface area contributed by atoms with Crippen LogP contribution in [0.5, 0.6) is 0 Å². The van der Waals surface area contributed by atoms with E-state index in [9.17, 15) is 33.6 Å². The topological polar surface area (TPSA) is 203 Å². The average Bonchev–Trinajstić information content (AvgIpc) is 3.75. The van der Waals surface area contributed by atoms with E-state index in [2.05, 4.69) is 31.4 Å². The Morgan fingerprint density at radius 1 is 0.877 bits per heavy atom. The number of carbonyl (C=O) groups excluding carboxylic acids is 7. The average molecular weight is 780 g/mol. The number of anilines is 2. The van der Waals surface area contributed by atoms with Crippen LogP contribution in [0.3, 0.4) is 0 Å². The summed E-state index contributed by atoms with van der Waals surface area (Å²) in [7, 11) is 0. The number of carbonyl (C=O) groups is 7. The van der Waals surface area contributed by atoms with E-state index in [4.69, 9.17) is 0 Å². The Morgan fingerprint density at radius 3 is 2.25 bits per heavy atom. The normalized spacial score (nSPS) is 17.3. The van der Waals surface area contributed by atoms with Gasteiger partial charge in [-0.15, -0.1) is 0 Å². The molecule has 4 N–H and O–H groups in total. The maximum absolute atomic E-state index is 15.3. The van der Waals surface area contributed by atoms with Crippen LogP contribution < -0.4 is 21.3 Å². The molecule has 296 valence electrons. The summed E-state index contributed by atoms with van der Waals surface area (Å²) in [5, 5.41) is 16.3. The van der Waals surface area contributed by atoms with E-state index in [0.29, 0.717) is 30.1 Å². The van der Waals surface area contributed by atoms with E-state index in [0.717, 1.165) is 33.7 Å². The second-order valence-electron chi connectivity index (χ2n) is 14.5. The molecule has 0 radical (unpaired) electrons. The number of amides is 8. The first-order chi connectivity index (χ1) is 27.2. The highest BCUT2D eigenvalue weighted by Crippen LogP contribution is 2.26. The third kappa shape index (κ3) is 9.37. The molecular weight excluding hydrogens is 737 g/mol. The molecule has 0 bridgehead atoms. The molecule has 16 nitrogen and oxygen atoms in total. The lowest BCUT2D eigenvalue weighted by Gasteiger charge is -2.28. The van der Waals surface area contributed by atoms with E-state index in [1.807, 2.05) is 25.1 Å². The van der Waals surface area contributed by atoms with E-state index in [-0.39, 0.29) is 36.5 Å². The molecule has 57 heavy (non-hydrogen) atoms. The first-order valence-electron chi connectivity index (χ1n) is 18.4. The van der Waals surface area contributed by atoms with Gasteiger partial charge in [0.25, 0.3) is 11.8 Å². The molecular formula is C40H42FN9O7. The number of fused-ring (bicyclic) bond motifs is 1. The first kappa shape index (κ1) is 39.9. The first-order valence-corrected chi connectivity index (χ1v) is 18.4. The minimum Gasteiger partial charge on any atom is -0.343 e. The van der Waals surface area contributed by atoms with Crippen LogP contribution in [0.1, 0.15) is 56.4 Å². The van der Waals surface area contributed by atoms with Gasteiger partial charge in [-0.25, -0.2) is 14.2 Å². The number of hydrogen-bond donors (Lipinski definition) is 4. The van der Waals surface area contributed by atoms with Crippen molar-refractivity contribution in [3.8, 4) is 0 Å². The zero-order valence-electron chi connectivity index (χ0n) is 31.7. The Kier molecular flexibility index (Phi) is 11.9. The second-order valence-corrected chi connectivity index (χ2v) is 14.5. The van der Waals surface area contributed by atoms with Crippen molar-refractivity contribution in [2.75, 3.05) is 17.2 Å². The lowest BCUT2D eigenvalue weighted by molar-refractivity contribution is -0.141. The van der Waals surface area contributed by atoms with Gasteiger partial charge in [0, 0.05) is 55.7 Å². The minimum atomic E-state index is -1.15. The zero-order chi connectivity index (χ0) is 41.0. The monoisotopic (exact) mass is 779 g/mol. The molecule has 0 saturated heterocycles. The van der Waals surface area contributed by atoms with Crippen molar-refractivity contribution in [2.45, 2.75) is 65.8 Å². The molecule has 1 aromatic heterocycles. The Morgan fingerprint density at radius 2 is 1.58 bits per heavy atom. The summed E-state index contributed by atoms with van der Waals surface area (Å²) in [5.41, 5.74) is 4.35. The van der Waals surface area contributed by atoms with Crippen LogP contribution in [-0.2, 0) is 48.4 Å². The molecule has 3 aliphatic rings. The number of hydrazone groups is 1. The summed E-state index contributed by atoms with van der Waals surface area (Å²) >= 11 is 0. The predicted molar refractivity (Wildman–Crippen MR) is 205 cm³/mol. The minimum absolute atomic E-state index is 0.0343. The maximum Gasteiger partial charge on any atom is 0.322 e. The van der Waals surface area contributed by atoms with Crippen molar-refractivity contribution in [3.05, 3.63) is 101 Å². The molecule has 4 heterocycles. The molecule has 17 heteroatoms. The molecule has 0 spiro atoms. The van der Waals surface area contributed by atoms with Gasteiger partial charge in [-0.1, -0.05) is 39.0 Å². The van der Waals surface area contributed by atoms with Crippen molar-refractivity contribution in [3.63, 3.8) is 0 Å². The molecule has 1 unspecified atom stereocenters. The molecule has 0 saturated carbocycles. The molecule has 3 aliphatic heterocycles. The van der Waals surface area contributed by atoms with E-state index >= 15 is 4.39 Å². The summed E-state index contributed by atoms with van der Waals surface area (Å²) in [6, 6.07) is 10.7. The largest absolute Gasteiger partial charge is 0.343 e. The van der Waals surface area contributed by atoms with Gasteiger partial charge in [-0.05, 0) is 65.4 Å². The van der Waals surface area contributed by atoms with E-state index < -0.39 is 59.9 Å². The molecule has 0 fully saturated rings. The fourth-order valence-electron chi connectivity index (χ4n) is 6.53. The molecule has 6 rings (SSSR count). The SMILES string of the molecule is CC1CC(=O)N(Cc2ccc(NC(=O)[C@H](C)NC(=O)[C@@H](NC(=O)CN3C(=O)C=CC3=O)C(C)C)c(F)c2)N=C1c1ccc(NC(=O)N2Cc3ccncc3C2)cc1. The van der Waals surface area contributed by atoms with Gasteiger partial charge in [-0.2, -0.15) is 5.10 Å². The predicted octanol–water partition coefficient (Wildman–Crippen LogP) is 3.05. The number of urea groups is 1. The van der Waals surface area contributed by atoms with Crippen LogP contribution in [0.25, 0.3) is 0 Å². The fourth-order valence-corrected chi connectivity index (χ4v) is 6.53. The van der Waals surface area contributed by atoms with Crippen LogP contribution in [0, 0.1) is 17.7 Å². The number of halogens is 1. The molecule has 3 aromatic rings. The molecule has 3 atom stereocenters. The molecule has 0 aliphatic carbocycles. The molecule has 8 amide bonds. The van der Waals surface area contributed by atoms with Crippen LogP contribution in [0.4, 0.5) is 20.6 Å². The summed E-state index contributed by atoms with van der Waals surface area (Å²) in [4.78, 5) is 94.6. The van der Waals surface area contributed by atoms with Crippen molar-refractivity contribution in [1.82, 2.24) is 30.4 Å². The van der Waals surface area contributed by atoms with Crippen molar-refractivity contribution in [1.29, 1.82) is 0 Å². The van der Waals surface area contributed by atoms with Crippen LogP contribution in [0.2, 0.25) is 0 Å². The molecule has 2 aromatic carbocycles. The summed E-state index contributed by atoms with van der Waals surface area (Å²) in [6.45, 7) is 6.98. The highest BCUT2D eigenvalue weighted by atomic mass is 19.1.